The summed E-state index contributed by atoms with van der Waals surface area (Å²) in [5, 5.41) is 3.57. The van der Waals surface area contributed by atoms with E-state index in [4.69, 9.17) is 11.6 Å². The number of hydrogen-bond acceptors (Lipinski definition) is 4. The van der Waals surface area contributed by atoms with Crippen molar-refractivity contribution in [1.82, 2.24) is 9.97 Å². The quantitative estimate of drug-likeness (QED) is 0.366. The fraction of sp³-hybridized carbons (Fsp3) is 0.143. The van der Waals surface area contributed by atoms with Gasteiger partial charge in [0.25, 0.3) is 0 Å². The highest BCUT2D eigenvalue weighted by Crippen LogP contribution is 2.43. The molecular weight excluding hydrogens is 419 g/mol. The molecule has 1 N–H and O–H groups in total. The van der Waals surface area contributed by atoms with Crippen molar-refractivity contribution in [3.8, 4) is 11.1 Å². The maximum Gasteiger partial charge on any atom is 0.418 e. The van der Waals surface area contributed by atoms with Crippen LogP contribution in [0.2, 0.25) is 5.02 Å². The molecule has 0 unspecified atom stereocenters. The van der Waals surface area contributed by atoms with Crippen LogP contribution in [0.4, 0.5) is 24.7 Å². The van der Waals surface area contributed by atoms with Gasteiger partial charge in [0.05, 0.1) is 16.6 Å². The van der Waals surface area contributed by atoms with Crippen LogP contribution in [0.15, 0.2) is 48.8 Å². The zero-order chi connectivity index (χ0) is 20.8. The fourth-order valence-corrected chi connectivity index (χ4v) is 4.38. The van der Waals surface area contributed by atoms with Crippen molar-refractivity contribution < 1.29 is 13.2 Å². The molecule has 148 valence electrons. The van der Waals surface area contributed by atoms with Gasteiger partial charge in [-0.1, -0.05) is 41.4 Å². The number of alkyl halides is 3. The molecule has 0 aliphatic heterocycles. The Kier molecular flexibility index (Phi) is 4.96. The van der Waals surface area contributed by atoms with Gasteiger partial charge in [-0.2, -0.15) is 13.2 Å². The van der Waals surface area contributed by atoms with E-state index in [1.807, 2.05) is 38.1 Å². The summed E-state index contributed by atoms with van der Waals surface area (Å²) in [5.74, 6) is 0.322. The minimum Gasteiger partial charge on any atom is -0.339 e. The van der Waals surface area contributed by atoms with Gasteiger partial charge in [0, 0.05) is 15.5 Å². The first kappa shape index (κ1) is 19.7. The van der Waals surface area contributed by atoms with Crippen LogP contribution < -0.4 is 5.32 Å². The molecule has 0 aliphatic rings. The largest absolute Gasteiger partial charge is 0.418 e. The van der Waals surface area contributed by atoms with E-state index in [0.717, 1.165) is 27.6 Å². The number of anilines is 2. The van der Waals surface area contributed by atoms with Gasteiger partial charge in [-0.25, -0.2) is 9.97 Å². The van der Waals surface area contributed by atoms with Gasteiger partial charge in [0.15, 0.2) is 0 Å². The van der Waals surface area contributed by atoms with Gasteiger partial charge in [-0.3, -0.25) is 0 Å². The molecule has 3 nitrogen and oxygen atoms in total. The lowest BCUT2D eigenvalue weighted by atomic mass is 10.0. The monoisotopic (exact) mass is 433 g/mol. The number of fused-ring (bicyclic) bond motifs is 1. The molecule has 2 aromatic heterocycles. The normalized spacial score (nSPS) is 11.8. The smallest absolute Gasteiger partial charge is 0.339 e. The minimum absolute atomic E-state index is 0.0161. The SMILES string of the molecule is Cc1ccc(-c2c(C)sc3ncnc(Nc4ccc(Cl)cc4C(F)(F)F)c23)cc1. The van der Waals surface area contributed by atoms with Crippen LogP contribution >= 0.6 is 22.9 Å². The van der Waals surface area contributed by atoms with Gasteiger partial charge in [0.2, 0.25) is 0 Å². The lowest BCUT2D eigenvalue weighted by Crippen LogP contribution is -2.09. The second-order valence-corrected chi connectivity index (χ2v) is 8.25. The third-order valence-corrected chi connectivity index (χ3v) is 5.79. The topological polar surface area (TPSA) is 37.8 Å². The van der Waals surface area contributed by atoms with Gasteiger partial charge < -0.3 is 5.32 Å². The average Bonchev–Trinajstić information content (AvgIpc) is 3.00. The Morgan fingerprint density at radius 3 is 2.41 bits per heavy atom. The van der Waals surface area contributed by atoms with Crippen LogP contribution in [0.3, 0.4) is 0 Å². The highest BCUT2D eigenvalue weighted by molar-refractivity contribution is 7.19. The van der Waals surface area contributed by atoms with Crippen molar-refractivity contribution in [1.29, 1.82) is 0 Å². The molecule has 0 saturated heterocycles. The van der Waals surface area contributed by atoms with E-state index in [0.29, 0.717) is 16.0 Å². The highest BCUT2D eigenvalue weighted by atomic mass is 35.5. The van der Waals surface area contributed by atoms with Crippen LogP contribution in [0.1, 0.15) is 16.0 Å². The van der Waals surface area contributed by atoms with E-state index in [9.17, 15) is 13.2 Å². The average molecular weight is 434 g/mol. The summed E-state index contributed by atoms with van der Waals surface area (Å²) in [6, 6.07) is 11.6. The van der Waals surface area contributed by atoms with E-state index in [2.05, 4.69) is 15.3 Å². The second-order valence-electron chi connectivity index (χ2n) is 6.61. The van der Waals surface area contributed by atoms with Crippen molar-refractivity contribution in [3.05, 3.63) is 69.8 Å². The molecule has 0 radical (unpaired) electrons. The second kappa shape index (κ2) is 7.31. The van der Waals surface area contributed by atoms with Crippen molar-refractivity contribution in [2.45, 2.75) is 20.0 Å². The standard InChI is InChI=1S/C21H15ClF3N3S/c1-11-3-5-13(6-4-11)17-12(2)29-20-18(17)19(26-10-27-20)28-16-8-7-14(22)9-15(16)21(23,24)25/h3-10H,1-2H3,(H,26,27,28). The molecule has 0 amide bonds. The predicted octanol–water partition coefficient (Wildman–Crippen LogP) is 7.39. The number of nitrogens with one attached hydrogen (secondary N) is 1. The van der Waals surface area contributed by atoms with Crippen LogP contribution in [-0.4, -0.2) is 9.97 Å². The molecule has 2 aromatic carbocycles. The summed E-state index contributed by atoms with van der Waals surface area (Å²) in [6.45, 7) is 3.96. The molecule has 4 rings (SSSR count). The number of thiophene rings is 1. The number of aromatic nitrogens is 2. The summed E-state index contributed by atoms with van der Waals surface area (Å²) < 4.78 is 40.5. The molecule has 0 saturated carbocycles. The maximum absolute atomic E-state index is 13.5. The molecule has 0 aliphatic carbocycles. The first-order chi connectivity index (χ1) is 13.7. The van der Waals surface area contributed by atoms with Gasteiger partial charge in [0.1, 0.15) is 17.0 Å². The molecular formula is C21H15ClF3N3S. The molecule has 0 spiro atoms. The summed E-state index contributed by atoms with van der Waals surface area (Å²) in [7, 11) is 0. The molecule has 4 aromatic rings. The van der Waals surface area contributed by atoms with Crippen LogP contribution in [0, 0.1) is 13.8 Å². The Morgan fingerprint density at radius 2 is 1.72 bits per heavy atom. The van der Waals surface area contributed by atoms with Crippen LogP contribution in [-0.2, 0) is 6.18 Å². The summed E-state index contributed by atoms with van der Waals surface area (Å²) in [5.41, 5.74) is 2.04. The fourth-order valence-electron chi connectivity index (χ4n) is 3.19. The lowest BCUT2D eigenvalue weighted by Gasteiger charge is -2.15. The number of halogens is 4. The Labute approximate surface area is 174 Å². The minimum atomic E-state index is -4.55. The number of nitrogens with zero attached hydrogens (tertiary/aromatic N) is 2. The van der Waals surface area contributed by atoms with E-state index in [1.54, 1.807) is 0 Å². The van der Waals surface area contributed by atoms with Crippen molar-refractivity contribution in [3.63, 3.8) is 0 Å². The summed E-state index contributed by atoms with van der Waals surface area (Å²) in [6.07, 6.45) is -3.20. The van der Waals surface area contributed by atoms with Gasteiger partial charge >= 0.3 is 6.18 Å². The molecule has 2 heterocycles. The summed E-state index contributed by atoms with van der Waals surface area (Å²) in [4.78, 5) is 10.3. The predicted molar refractivity (Wildman–Crippen MR) is 112 cm³/mol. The molecule has 29 heavy (non-hydrogen) atoms. The first-order valence-electron chi connectivity index (χ1n) is 8.69. The Morgan fingerprint density at radius 1 is 1.00 bits per heavy atom. The third kappa shape index (κ3) is 3.80. The Hall–Kier alpha value is -2.64. The van der Waals surface area contributed by atoms with Crippen LogP contribution in [0.25, 0.3) is 21.3 Å². The maximum atomic E-state index is 13.5. The van der Waals surface area contributed by atoms with Gasteiger partial charge in [-0.15, -0.1) is 11.3 Å². The van der Waals surface area contributed by atoms with E-state index in [-0.39, 0.29) is 10.7 Å². The lowest BCUT2D eigenvalue weighted by molar-refractivity contribution is -0.136. The third-order valence-electron chi connectivity index (χ3n) is 4.54. The van der Waals surface area contributed by atoms with E-state index in [1.165, 1.54) is 29.8 Å². The van der Waals surface area contributed by atoms with Crippen LogP contribution in [0.5, 0.6) is 0 Å². The number of benzene rings is 2. The Bertz CT molecular complexity index is 1200. The highest BCUT2D eigenvalue weighted by Gasteiger charge is 2.34. The van der Waals surface area contributed by atoms with Crippen molar-refractivity contribution in [2.75, 3.05) is 5.32 Å². The molecule has 0 fully saturated rings. The van der Waals surface area contributed by atoms with Gasteiger partial charge in [-0.05, 0) is 37.6 Å². The van der Waals surface area contributed by atoms with Crippen molar-refractivity contribution >= 4 is 44.7 Å². The molecule has 8 heteroatoms. The first-order valence-corrected chi connectivity index (χ1v) is 9.88. The summed E-state index contributed by atoms with van der Waals surface area (Å²) >= 11 is 7.27. The zero-order valence-electron chi connectivity index (χ0n) is 15.4. The number of hydrogen-bond donors (Lipinski definition) is 1. The van der Waals surface area contributed by atoms with E-state index < -0.39 is 11.7 Å². The number of aryl methyl sites for hydroxylation is 2. The van der Waals surface area contributed by atoms with E-state index >= 15 is 0 Å². The molecule has 0 bridgehead atoms. The Balaban J connectivity index is 1.89. The number of rotatable bonds is 3. The zero-order valence-corrected chi connectivity index (χ0v) is 17.0. The van der Waals surface area contributed by atoms with Crippen molar-refractivity contribution in [2.24, 2.45) is 0 Å². The molecule has 0 atom stereocenters.